The van der Waals surface area contributed by atoms with E-state index in [4.69, 9.17) is 4.74 Å². The molecule has 8 aromatic rings. The van der Waals surface area contributed by atoms with Crippen LogP contribution in [-0.4, -0.2) is 0 Å². The minimum absolute atomic E-state index is 0.409. The Morgan fingerprint density at radius 3 is 1.89 bits per heavy atom. The van der Waals surface area contributed by atoms with Crippen LogP contribution in [-0.2, 0) is 5.41 Å². The summed E-state index contributed by atoms with van der Waals surface area (Å²) < 4.78 is 6.36. The Morgan fingerprint density at radius 1 is 0.370 bits per heavy atom. The standard InChI is InChI=1S/C45H26O/c1-2-12-31-27(10-1)20-23-36-33-14-4-7-17-39(33)45(44(31)36)38-16-6-3-13-32(38)34-22-21-28(26-40(34)45)30-24-29-11-9-19-42-43(29)37(25-30)35-15-5-8-18-41(35)46-42/h1-26H. The normalized spacial score (nSPS) is 16.1. The molecule has 11 rings (SSSR count). The van der Waals surface area contributed by atoms with Crippen molar-refractivity contribution in [3.63, 3.8) is 0 Å². The summed E-state index contributed by atoms with van der Waals surface area (Å²) in [5, 5.41) is 4.98. The van der Waals surface area contributed by atoms with Crippen molar-refractivity contribution in [2.45, 2.75) is 5.41 Å². The van der Waals surface area contributed by atoms with Crippen molar-refractivity contribution in [3.8, 4) is 56.0 Å². The third-order valence-electron chi connectivity index (χ3n) is 10.6. The number of para-hydroxylation sites is 1. The maximum absolute atomic E-state index is 6.36. The molecule has 0 saturated heterocycles. The van der Waals surface area contributed by atoms with Crippen molar-refractivity contribution in [2.24, 2.45) is 0 Å². The van der Waals surface area contributed by atoms with Crippen LogP contribution in [0.25, 0.3) is 66.1 Å². The molecule has 1 aliphatic heterocycles. The van der Waals surface area contributed by atoms with Gasteiger partial charge in [-0.2, -0.15) is 0 Å². The third kappa shape index (κ3) is 2.91. The first-order valence-corrected chi connectivity index (χ1v) is 16.0. The first-order chi connectivity index (χ1) is 22.8. The van der Waals surface area contributed by atoms with Crippen LogP contribution in [0.15, 0.2) is 158 Å². The fourth-order valence-electron chi connectivity index (χ4n) is 8.85. The monoisotopic (exact) mass is 582 g/mol. The molecular weight excluding hydrogens is 556 g/mol. The Hall–Kier alpha value is -5.92. The van der Waals surface area contributed by atoms with Crippen LogP contribution in [0, 0.1) is 0 Å². The molecule has 212 valence electrons. The highest BCUT2D eigenvalue weighted by molar-refractivity contribution is 6.07. The smallest absolute Gasteiger partial charge is 0.135 e. The second kappa shape index (κ2) is 8.62. The molecular formula is C45H26O. The summed E-state index contributed by atoms with van der Waals surface area (Å²) >= 11 is 0. The molecule has 0 radical (unpaired) electrons. The van der Waals surface area contributed by atoms with Gasteiger partial charge in [-0.05, 0) is 108 Å². The van der Waals surface area contributed by atoms with E-state index >= 15 is 0 Å². The molecule has 3 aliphatic rings. The number of hydrogen-bond acceptors (Lipinski definition) is 1. The Labute approximate surface area is 267 Å². The van der Waals surface area contributed by atoms with Gasteiger partial charge < -0.3 is 4.74 Å². The van der Waals surface area contributed by atoms with Crippen molar-refractivity contribution in [1.82, 2.24) is 0 Å². The predicted octanol–water partition coefficient (Wildman–Crippen LogP) is 11.8. The molecule has 1 heteroatoms. The lowest BCUT2D eigenvalue weighted by molar-refractivity contribution is 0.487. The lowest BCUT2D eigenvalue weighted by Gasteiger charge is -2.31. The second-order valence-corrected chi connectivity index (χ2v) is 12.8. The summed E-state index contributed by atoms with van der Waals surface area (Å²) in [6.45, 7) is 0. The zero-order chi connectivity index (χ0) is 30.0. The molecule has 2 aliphatic carbocycles. The summed E-state index contributed by atoms with van der Waals surface area (Å²) in [5.74, 6) is 1.83. The van der Waals surface area contributed by atoms with Crippen LogP contribution in [0.5, 0.6) is 11.5 Å². The number of rotatable bonds is 1. The number of benzene rings is 8. The zero-order valence-corrected chi connectivity index (χ0v) is 24.9. The summed E-state index contributed by atoms with van der Waals surface area (Å²) in [6.07, 6.45) is 0. The van der Waals surface area contributed by atoms with Crippen molar-refractivity contribution < 1.29 is 4.74 Å². The number of ether oxygens (including phenoxy) is 1. The molecule has 0 saturated carbocycles. The van der Waals surface area contributed by atoms with Gasteiger partial charge in [-0.3, -0.25) is 0 Å². The molecule has 0 N–H and O–H groups in total. The molecule has 0 amide bonds. The molecule has 1 spiro atoms. The van der Waals surface area contributed by atoms with E-state index in [1.54, 1.807) is 0 Å². The van der Waals surface area contributed by atoms with Gasteiger partial charge in [0.05, 0.1) is 5.41 Å². The van der Waals surface area contributed by atoms with Gasteiger partial charge in [0.25, 0.3) is 0 Å². The summed E-state index contributed by atoms with van der Waals surface area (Å²) in [5.41, 5.74) is 15.2. The van der Waals surface area contributed by atoms with E-state index in [9.17, 15) is 0 Å². The summed E-state index contributed by atoms with van der Waals surface area (Å²) in [6, 6.07) is 58.4. The van der Waals surface area contributed by atoms with E-state index in [0.717, 1.165) is 17.1 Å². The van der Waals surface area contributed by atoms with E-state index in [-0.39, 0.29) is 0 Å². The minimum atomic E-state index is -0.409. The fourth-order valence-corrected chi connectivity index (χ4v) is 8.85. The molecule has 46 heavy (non-hydrogen) atoms. The number of fused-ring (bicyclic) bond motifs is 14. The average molecular weight is 583 g/mol. The van der Waals surface area contributed by atoms with Gasteiger partial charge in [0.1, 0.15) is 11.5 Å². The molecule has 0 aromatic heterocycles. The molecule has 1 atom stereocenters. The van der Waals surface area contributed by atoms with Gasteiger partial charge in [-0.15, -0.1) is 0 Å². The molecule has 0 fully saturated rings. The number of hydrogen-bond donors (Lipinski definition) is 0. The van der Waals surface area contributed by atoms with Gasteiger partial charge in [0.2, 0.25) is 0 Å². The van der Waals surface area contributed by atoms with E-state index in [2.05, 4.69) is 152 Å². The Balaban J connectivity index is 1.24. The Bertz CT molecular complexity index is 2610. The maximum atomic E-state index is 6.36. The second-order valence-electron chi connectivity index (χ2n) is 12.8. The predicted molar refractivity (Wildman–Crippen MR) is 189 cm³/mol. The van der Waals surface area contributed by atoms with Crippen molar-refractivity contribution in [1.29, 1.82) is 0 Å². The van der Waals surface area contributed by atoms with E-state index in [0.29, 0.717) is 0 Å². The third-order valence-corrected chi connectivity index (χ3v) is 10.6. The molecule has 1 nitrogen and oxygen atoms in total. The van der Waals surface area contributed by atoms with Crippen LogP contribution in [0.4, 0.5) is 0 Å². The van der Waals surface area contributed by atoms with Crippen molar-refractivity contribution in [3.05, 3.63) is 180 Å². The summed E-state index contributed by atoms with van der Waals surface area (Å²) in [7, 11) is 0. The van der Waals surface area contributed by atoms with Crippen LogP contribution in [0.1, 0.15) is 22.3 Å². The quantitative estimate of drug-likeness (QED) is 0.187. The Morgan fingerprint density at radius 2 is 1.02 bits per heavy atom. The average Bonchev–Trinajstić information content (AvgIpc) is 3.59. The van der Waals surface area contributed by atoms with Crippen molar-refractivity contribution in [2.75, 3.05) is 0 Å². The lowest BCUT2D eigenvalue weighted by atomic mass is 9.69. The van der Waals surface area contributed by atoms with Crippen LogP contribution in [0.3, 0.4) is 0 Å². The summed E-state index contributed by atoms with van der Waals surface area (Å²) in [4.78, 5) is 0. The van der Waals surface area contributed by atoms with Crippen molar-refractivity contribution >= 4 is 21.5 Å². The van der Waals surface area contributed by atoms with Gasteiger partial charge >= 0.3 is 0 Å². The largest absolute Gasteiger partial charge is 0.456 e. The minimum Gasteiger partial charge on any atom is -0.456 e. The van der Waals surface area contributed by atoms with E-state index in [1.165, 1.54) is 82.7 Å². The zero-order valence-electron chi connectivity index (χ0n) is 24.9. The van der Waals surface area contributed by atoms with Gasteiger partial charge in [-0.1, -0.05) is 127 Å². The van der Waals surface area contributed by atoms with Gasteiger partial charge in [0, 0.05) is 10.9 Å². The SMILES string of the molecule is c1ccc2c(c1)Oc1cccc3cc(-c4ccc5c(c4)C4(c6ccccc6-5)c5ccccc5-c5ccc6ccccc6c54)cc-2c13. The fraction of sp³-hybridized carbons (Fsp3) is 0.0222. The Kier molecular flexibility index (Phi) is 4.57. The molecule has 0 bridgehead atoms. The van der Waals surface area contributed by atoms with Crippen LogP contribution in [0.2, 0.25) is 0 Å². The highest BCUT2D eigenvalue weighted by atomic mass is 16.5. The molecule has 1 unspecified atom stereocenters. The van der Waals surface area contributed by atoms with E-state index < -0.39 is 5.41 Å². The maximum Gasteiger partial charge on any atom is 0.135 e. The lowest BCUT2D eigenvalue weighted by Crippen LogP contribution is -2.26. The topological polar surface area (TPSA) is 9.23 Å². The first kappa shape index (κ1) is 24.4. The van der Waals surface area contributed by atoms with Crippen LogP contribution < -0.4 is 4.74 Å². The highest BCUT2D eigenvalue weighted by Gasteiger charge is 2.52. The van der Waals surface area contributed by atoms with Gasteiger partial charge in [-0.25, -0.2) is 0 Å². The molecule has 8 aromatic carbocycles. The molecule has 1 heterocycles. The van der Waals surface area contributed by atoms with E-state index in [1.807, 2.05) is 6.07 Å². The first-order valence-electron chi connectivity index (χ1n) is 16.0. The highest BCUT2D eigenvalue weighted by Crippen LogP contribution is 2.64. The van der Waals surface area contributed by atoms with Gasteiger partial charge in [0.15, 0.2) is 0 Å². The van der Waals surface area contributed by atoms with Crippen LogP contribution >= 0.6 is 0 Å².